The van der Waals surface area contributed by atoms with Gasteiger partial charge < -0.3 is 29.2 Å². The maximum atomic E-state index is 12.8. The van der Waals surface area contributed by atoms with E-state index in [4.69, 9.17) is 19.3 Å². The summed E-state index contributed by atoms with van der Waals surface area (Å²) in [5.41, 5.74) is 2.57. The molecule has 0 fully saturated rings. The molecule has 0 unspecified atom stereocenters. The van der Waals surface area contributed by atoms with E-state index in [1.807, 2.05) is 26.0 Å². The van der Waals surface area contributed by atoms with Crippen molar-refractivity contribution < 1.29 is 24.1 Å². The molecule has 1 heterocycles. The molecule has 3 aromatic rings. The number of hydrogen-bond donors (Lipinski definition) is 2. The molecule has 0 bridgehead atoms. The Hall–Kier alpha value is -3.75. The topological polar surface area (TPSA) is 114 Å². The van der Waals surface area contributed by atoms with Gasteiger partial charge in [-0.2, -0.15) is 0 Å². The second-order valence-electron chi connectivity index (χ2n) is 7.13. The fourth-order valence-electron chi connectivity index (χ4n) is 3.32. The summed E-state index contributed by atoms with van der Waals surface area (Å²) in [7, 11) is 4.51. The number of benzene rings is 2. The Bertz CT molecular complexity index is 1160. The van der Waals surface area contributed by atoms with Crippen LogP contribution in [0.2, 0.25) is 0 Å². The average Bonchev–Trinajstić information content (AvgIpc) is 2.73. The standard InChI is InChI=1S/C22H25N3O6/c1-12-8-14(9-13(2)19(12)31-7-6-25(3)22(27)28)20-23-16-10-15(29-4)11-17(30-5)18(16)21(26)24-20/h8-11H,6-7H2,1-5H3,(H,27,28)(H,23,24,26). The molecule has 1 amide bonds. The lowest BCUT2D eigenvalue weighted by molar-refractivity contribution is 0.147. The van der Waals surface area contributed by atoms with Gasteiger partial charge in [-0.3, -0.25) is 4.79 Å². The second kappa shape index (κ2) is 8.95. The molecule has 31 heavy (non-hydrogen) atoms. The normalized spacial score (nSPS) is 10.7. The van der Waals surface area contributed by atoms with Gasteiger partial charge in [-0.15, -0.1) is 0 Å². The van der Waals surface area contributed by atoms with E-state index in [1.54, 1.807) is 12.1 Å². The number of rotatable bonds is 7. The predicted octanol–water partition coefficient (Wildman–Crippen LogP) is 3.21. The molecule has 164 valence electrons. The summed E-state index contributed by atoms with van der Waals surface area (Å²) in [6, 6.07) is 7.06. The number of amides is 1. The Labute approximate surface area is 179 Å². The highest BCUT2D eigenvalue weighted by Gasteiger charge is 2.15. The average molecular weight is 427 g/mol. The van der Waals surface area contributed by atoms with E-state index in [2.05, 4.69) is 9.97 Å². The zero-order valence-electron chi connectivity index (χ0n) is 18.1. The monoisotopic (exact) mass is 427 g/mol. The van der Waals surface area contributed by atoms with E-state index in [9.17, 15) is 9.59 Å². The number of hydrogen-bond acceptors (Lipinski definition) is 6. The first-order valence-corrected chi connectivity index (χ1v) is 9.59. The summed E-state index contributed by atoms with van der Waals surface area (Å²) in [5.74, 6) is 2.01. The quantitative estimate of drug-likeness (QED) is 0.595. The van der Waals surface area contributed by atoms with Crippen molar-refractivity contribution in [3.63, 3.8) is 0 Å². The zero-order valence-corrected chi connectivity index (χ0v) is 18.1. The molecule has 9 nitrogen and oxygen atoms in total. The van der Waals surface area contributed by atoms with Crippen LogP contribution in [0, 0.1) is 13.8 Å². The van der Waals surface area contributed by atoms with E-state index < -0.39 is 6.09 Å². The molecule has 0 aliphatic carbocycles. The van der Waals surface area contributed by atoms with Gasteiger partial charge in [0.05, 0.1) is 26.3 Å². The van der Waals surface area contributed by atoms with E-state index in [-0.39, 0.29) is 18.7 Å². The first kappa shape index (κ1) is 21.9. The molecule has 0 aliphatic rings. The number of aryl methyl sites for hydroxylation is 2. The number of methoxy groups -OCH3 is 2. The Kier molecular flexibility index (Phi) is 6.33. The number of carbonyl (C=O) groups is 1. The van der Waals surface area contributed by atoms with Crippen molar-refractivity contribution >= 4 is 17.0 Å². The highest BCUT2D eigenvalue weighted by molar-refractivity contribution is 5.87. The number of nitrogens with zero attached hydrogens (tertiary/aromatic N) is 2. The highest BCUT2D eigenvalue weighted by atomic mass is 16.5. The van der Waals surface area contributed by atoms with Gasteiger partial charge in [0.1, 0.15) is 35.1 Å². The summed E-state index contributed by atoms with van der Waals surface area (Å²) in [6.07, 6.45) is -1.01. The number of likely N-dealkylation sites (N-methyl/N-ethyl adjacent to an activating group) is 1. The van der Waals surface area contributed by atoms with E-state index >= 15 is 0 Å². The van der Waals surface area contributed by atoms with Crippen molar-refractivity contribution in [1.29, 1.82) is 0 Å². The third-order valence-corrected chi connectivity index (χ3v) is 4.94. The Morgan fingerprint density at radius 2 is 1.81 bits per heavy atom. The molecule has 1 aromatic heterocycles. The highest BCUT2D eigenvalue weighted by Crippen LogP contribution is 2.31. The van der Waals surface area contributed by atoms with E-state index in [0.29, 0.717) is 34.0 Å². The van der Waals surface area contributed by atoms with Crippen LogP contribution in [0.1, 0.15) is 11.1 Å². The molecule has 2 aromatic carbocycles. The number of nitrogens with one attached hydrogen (secondary N) is 1. The number of aromatic amines is 1. The van der Waals surface area contributed by atoms with Crippen molar-refractivity contribution in [3.05, 3.63) is 45.7 Å². The van der Waals surface area contributed by atoms with Crippen LogP contribution < -0.4 is 19.8 Å². The minimum absolute atomic E-state index is 0.231. The molecule has 3 rings (SSSR count). The minimum Gasteiger partial charge on any atom is -0.497 e. The smallest absolute Gasteiger partial charge is 0.407 e. The molecular formula is C22H25N3O6. The number of aromatic nitrogens is 2. The maximum absolute atomic E-state index is 12.8. The molecule has 0 spiro atoms. The number of carboxylic acid groups (broad SMARTS) is 1. The van der Waals surface area contributed by atoms with Crippen LogP contribution in [-0.4, -0.2) is 60.5 Å². The zero-order chi connectivity index (χ0) is 22.7. The van der Waals surface area contributed by atoms with Crippen molar-refractivity contribution in [2.45, 2.75) is 13.8 Å². The van der Waals surface area contributed by atoms with Crippen LogP contribution in [0.15, 0.2) is 29.1 Å². The van der Waals surface area contributed by atoms with Gasteiger partial charge in [0.25, 0.3) is 5.56 Å². The summed E-state index contributed by atoms with van der Waals surface area (Å²) in [5, 5.41) is 9.28. The molecule has 0 saturated heterocycles. The van der Waals surface area contributed by atoms with Crippen molar-refractivity contribution in [1.82, 2.24) is 14.9 Å². The third-order valence-electron chi connectivity index (χ3n) is 4.94. The van der Waals surface area contributed by atoms with Gasteiger partial charge in [-0.25, -0.2) is 9.78 Å². The van der Waals surface area contributed by atoms with Gasteiger partial charge >= 0.3 is 6.09 Å². The van der Waals surface area contributed by atoms with Crippen LogP contribution in [0.4, 0.5) is 4.79 Å². The third kappa shape index (κ3) is 4.55. The molecule has 2 N–H and O–H groups in total. The van der Waals surface area contributed by atoms with Gasteiger partial charge in [0, 0.05) is 24.7 Å². The lowest BCUT2D eigenvalue weighted by Gasteiger charge is -2.17. The van der Waals surface area contributed by atoms with Crippen LogP contribution in [-0.2, 0) is 0 Å². The number of H-pyrrole nitrogens is 1. The van der Waals surface area contributed by atoms with E-state index in [1.165, 1.54) is 21.3 Å². The first-order valence-electron chi connectivity index (χ1n) is 9.59. The minimum atomic E-state index is -1.01. The van der Waals surface area contributed by atoms with Crippen LogP contribution in [0.25, 0.3) is 22.3 Å². The van der Waals surface area contributed by atoms with Crippen molar-refractivity contribution in [2.75, 3.05) is 34.4 Å². The summed E-state index contributed by atoms with van der Waals surface area (Å²) >= 11 is 0. The van der Waals surface area contributed by atoms with Crippen LogP contribution >= 0.6 is 0 Å². The lowest BCUT2D eigenvalue weighted by atomic mass is 10.0. The SMILES string of the molecule is COc1cc(OC)c2c(=O)[nH]c(-c3cc(C)c(OCCN(C)C(=O)O)c(C)c3)nc2c1. The lowest BCUT2D eigenvalue weighted by Crippen LogP contribution is -2.29. The first-order chi connectivity index (χ1) is 14.7. The Morgan fingerprint density at radius 3 is 2.39 bits per heavy atom. The van der Waals surface area contributed by atoms with Gasteiger partial charge in [-0.1, -0.05) is 0 Å². The number of ether oxygens (including phenoxy) is 3. The van der Waals surface area contributed by atoms with Crippen LogP contribution in [0.3, 0.4) is 0 Å². The molecule has 0 atom stereocenters. The molecule has 0 radical (unpaired) electrons. The maximum Gasteiger partial charge on any atom is 0.407 e. The van der Waals surface area contributed by atoms with Crippen LogP contribution in [0.5, 0.6) is 17.2 Å². The van der Waals surface area contributed by atoms with Gasteiger partial charge in [0.15, 0.2) is 0 Å². The van der Waals surface area contributed by atoms with Gasteiger partial charge in [-0.05, 0) is 37.1 Å². The largest absolute Gasteiger partial charge is 0.497 e. The Balaban J connectivity index is 1.97. The van der Waals surface area contributed by atoms with Gasteiger partial charge in [0.2, 0.25) is 0 Å². The van der Waals surface area contributed by atoms with Crippen molar-refractivity contribution in [3.8, 4) is 28.6 Å². The summed E-state index contributed by atoms with van der Waals surface area (Å²) in [4.78, 5) is 32.2. The fourth-order valence-corrected chi connectivity index (χ4v) is 3.32. The second-order valence-corrected chi connectivity index (χ2v) is 7.13. The predicted molar refractivity (Wildman–Crippen MR) is 117 cm³/mol. The summed E-state index contributed by atoms with van der Waals surface area (Å²) < 4.78 is 16.4. The molecule has 0 aliphatic heterocycles. The molecule has 9 heteroatoms. The number of fused-ring (bicyclic) bond motifs is 1. The van der Waals surface area contributed by atoms with Crippen molar-refractivity contribution in [2.24, 2.45) is 0 Å². The van der Waals surface area contributed by atoms with E-state index in [0.717, 1.165) is 21.6 Å². The molecule has 0 saturated carbocycles. The molecular weight excluding hydrogens is 402 g/mol. The fraction of sp³-hybridized carbons (Fsp3) is 0.318. The Morgan fingerprint density at radius 1 is 1.13 bits per heavy atom. The summed E-state index contributed by atoms with van der Waals surface area (Å²) in [6.45, 7) is 4.25.